The predicted octanol–water partition coefficient (Wildman–Crippen LogP) is 3.00. The molecule has 1 aliphatic rings. The van der Waals surface area contributed by atoms with Gasteiger partial charge in [-0.25, -0.2) is 0 Å². The molecule has 1 saturated heterocycles. The third kappa shape index (κ3) is 2.18. The van der Waals surface area contributed by atoms with Crippen LogP contribution in [0, 0.1) is 0 Å². The number of hydrogen-bond acceptors (Lipinski definition) is 2. The lowest BCUT2D eigenvalue weighted by Gasteiger charge is -2.28. The zero-order valence-electron chi connectivity index (χ0n) is 11.0. The van der Waals surface area contributed by atoms with E-state index in [1.54, 1.807) is 0 Å². The topological polar surface area (TPSA) is 32.8 Å². The van der Waals surface area contributed by atoms with Gasteiger partial charge in [-0.1, -0.05) is 61.5 Å². The Balaban J connectivity index is 2.12. The highest BCUT2D eigenvalue weighted by molar-refractivity contribution is 5.69. The summed E-state index contributed by atoms with van der Waals surface area (Å²) in [5.41, 5.74) is 3.19. The first kappa shape index (κ1) is 12.4. The minimum Gasteiger partial charge on any atom is -0.395 e. The average molecular weight is 254 g/mol. The van der Waals surface area contributed by atoms with E-state index in [4.69, 9.17) is 4.74 Å². The van der Waals surface area contributed by atoms with E-state index < -0.39 is 0 Å². The molecule has 0 radical (unpaired) electrons. The fourth-order valence-electron chi connectivity index (χ4n) is 2.63. The van der Waals surface area contributed by atoms with Crippen LogP contribution < -0.4 is 0 Å². The zero-order valence-corrected chi connectivity index (χ0v) is 11.0. The monoisotopic (exact) mass is 254 g/mol. The maximum absolute atomic E-state index is 9.84. The van der Waals surface area contributed by atoms with Crippen molar-refractivity contribution in [1.82, 2.24) is 0 Å². The summed E-state index contributed by atoms with van der Waals surface area (Å²) in [6, 6.07) is 18.6. The van der Waals surface area contributed by atoms with E-state index in [0.29, 0.717) is 0 Å². The molecule has 1 N–H and O–H groups in total. The van der Waals surface area contributed by atoms with Crippen LogP contribution in [0.3, 0.4) is 0 Å². The van der Waals surface area contributed by atoms with Gasteiger partial charge in [-0.3, -0.25) is 0 Å². The third-order valence-corrected chi connectivity index (χ3v) is 4.00. The van der Waals surface area contributed by atoms with Gasteiger partial charge >= 0.3 is 0 Å². The molecule has 1 fully saturated rings. The van der Waals surface area contributed by atoms with E-state index in [9.17, 15) is 5.11 Å². The van der Waals surface area contributed by atoms with E-state index in [1.807, 2.05) is 30.3 Å². The Morgan fingerprint density at radius 1 is 1.11 bits per heavy atom. The van der Waals surface area contributed by atoms with Crippen molar-refractivity contribution in [2.75, 3.05) is 13.2 Å². The van der Waals surface area contributed by atoms with Crippen molar-refractivity contribution >= 4 is 0 Å². The number of aliphatic hydroxyl groups excluding tert-OH is 1. The highest BCUT2D eigenvalue weighted by Crippen LogP contribution is 2.40. The summed E-state index contributed by atoms with van der Waals surface area (Å²) in [4.78, 5) is 0. The first-order valence-electron chi connectivity index (χ1n) is 6.63. The van der Waals surface area contributed by atoms with Crippen molar-refractivity contribution in [3.05, 3.63) is 60.2 Å². The normalized spacial score (nSPS) is 20.8. The van der Waals surface area contributed by atoms with Crippen molar-refractivity contribution < 1.29 is 9.84 Å². The lowest BCUT2D eigenvalue weighted by Crippen LogP contribution is -2.33. The maximum Gasteiger partial charge on any atom is 0.0925 e. The quantitative estimate of drug-likeness (QED) is 0.851. The maximum atomic E-state index is 9.84. The molecular formula is C17H18O2. The summed E-state index contributed by atoms with van der Waals surface area (Å²) in [5, 5.41) is 9.84. The van der Waals surface area contributed by atoms with Gasteiger partial charge in [0.2, 0.25) is 0 Å². The van der Waals surface area contributed by atoms with Crippen LogP contribution in [0.4, 0.5) is 0 Å². The van der Waals surface area contributed by atoms with E-state index in [-0.39, 0.29) is 18.1 Å². The van der Waals surface area contributed by atoms with Crippen molar-refractivity contribution in [3.8, 4) is 11.1 Å². The van der Waals surface area contributed by atoms with E-state index in [1.165, 1.54) is 11.1 Å². The lowest BCUT2D eigenvalue weighted by atomic mass is 9.76. The second-order valence-corrected chi connectivity index (χ2v) is 5.31. The van der Waals surface area contributed by atoms with Gasteiger partial charge in [-0.2, -0.15) is 0 Å². The van der Waals surface area contributed by atoms with Crippen LogP contribution >= 0.6 is 0 Å². The molecule has 3 rings (SSSR count). The summed E-state index contributed by atoms with van der Waals surface area (Å²) >= 11 is 0. The second-order valence-electron chi connectivity index (χ2n) is 5.31. The van der Waals surface area contributed by atoms with Crippen molar-refractivity contribution in [2.45, 2.75) is 18.4 Å². The minimum atomic E-state index is -0.327. The molecule has 2 atom stereocenters. The smallest absolute Gasteiger partial charge is 0.0925 e. The Hall–Kier alpha value is -1.64. The van der Waals surface area contributed by atoms with Gasteiger partial charge in [-0.05, 0) is 16.7 Å². The van der Waals surface area contributed by atoms with Gasteiger partial charge in [0.05, 0.1) is 19.3 Å². The van der Waals surface area contributed by atoms with Crippen LogP contribution in [0.25, 0.3) is 11.1 Å². The summed E-state index contributed by atoms with van der Waals surface area (Å²) in [7, 11) is 0. The number of ether oxygens (including phenoxy) is 1. The third-order valence-electron chi connectivity index (χ3n) is 4.00. The van der Waals surface area contributed by atoms with Crippen LogP contribution in [-0.4, -0.2) is 24.4 Å². The molecule has 1 heterocycles. The Morgan fingerprint density at radius 2 is 1.74 bits per heavy atom. The Morgan fingerprint density at radius 3 is 2.37 bits per heavy atom. The van der Waals surface area contributed by atoms with Gasteiger partial charge < -0.3 is 9.84 Å². The molecule has 19 heavy (non-hydrogen) atoms. The van der Waals surface area contributed by atoms with Crippen molar-refractivity contribution in [2.24, 2.45) is 0 Å². The Bertz CT molecular complexity index is 560. The van der Waals surface area contributed by atoms with E-state index in [0.717, 1.165) is 12.2 Å². The predicted molar refractivity (Wildman–Crippen MR) is 76.1 cm³/mol. The Kier molecular flexibility index (Phi) is 3.13. The number of hydrogen-bond donors (Lipinski definition) is 1. The molecule has 2 heteroatoms. The highest BCUT2D eigenvalue weighted by atomic mass is 16.6. The highest BCUT2D eigenvalue weighted by Gasteiger charge is 2.45. The molecule has 0 aliphatic carbocycles. The first-order chi connectivity index (χ1) is 9.25. The molecule has 0 amide bonds. The minimum absolute atomic E-state index is 0.0987. The molecule has 2 aromatic carbocycles. The van der Waals surface area contributed by atoms with Gasteiger partial charge in [-0.15, -0.1) is 0 Å². The summed E-state index contributed by atoms with van der Waals surface area (Å²) < 4.78 is 5.45. The first-order valence-corrected chi connectivity index (χ1v) is 6.63. The van der Waals surface area contributed by atoms with Crippen LogP contribution in [0.5, 0.6) is 0 Å². The second kappa shape index (κ2) is 4.80. The van der Waals surface area contributed by atoms with E-state index in [2.05, 4.69) is 31.2 Å². The van der Waals surface area contributed by atoms with Crippen LogP contribution in [0.15, 0.2) is 54.6 Å². The number of benzene rings is 2. The average Bonchev–Trinajstić information content (AvgIpc) is 3.32. The molecule has 0 bridgehead atoms. The molecule has 0 spiro atoms. The number of epoxide rings is 1. The molecule has 2 aromatic rings. The van der Waals surface area contributed by atoms with Crippen molar-refractivity contribution in [1.29, 1.82) is 0 Å². The van der Waals surface area contributed by atoms with Crippen LogP contribution in [0.1, 0.15) is 12.5 Å². The molecular weight excluding hydrogens is 236 g/mol. The molecule has 98 valence electrons. The van der Waals surface area contributed by atoms with Crippen LogP contribution in [0.2, 0.25) is 0 Å². The largest absolute Gasteiger partial charge is 0.395 e. The summed E-state index contributed by atoms with van der Waals surface area (Å²) in [5.74, 6) is 0. The standard InChI is InChI=1S/C17H18O2/c1-17(12-18,16-11-19-16)15-10-6-5-9-14(15)13-7-3-2-4-8-13/h2-10,16,18H,11-12H2,1H3. The fourth-order valence-corrected chi connectivity index (χ4v) is 2.63. The molecule has 0 aromatic heterocycles. The van der Waals surface area contributed by atoms with E-state index >= 15 is 0 Å². The van der Waals surface area contributed by atoms with Gasteiger partial charge in [0, 0.05) is 5.41 Å². The molecule has 0 saturated carbocycles. The fraction of sp³-hybridized carbons (Fsp3) is 0.294. The SMILES string of the molecule is CC(CO)(c1ccccc1-c1ccccc1)C1CO1. The number of aliphatic hydroxyl groups is 1. The molecule has 1 aliphatic heterocycles. The Labute approximate surface area is 113 Å². The van der Waals surface area contributed by atoms with Gasteiger partial charge in [0.1, 0.15) is 0 Å². The zero-order chi connectivity index (χ0) is 13.3. The van der Waals surface area contributed by atoms with Gasteiger partial charge in [0.15, 0.2) is 0 Å². The van der Waals surface area contributed by atoms with Crippen molar-refractivity contribution in [3.63, 3.8) is 0 Å². The summed E-state index contributed by atoms with van der Waals surface area (Å²) in [6.07, 6.45) is 0.127. The molecule has 2 nitrogen and oxygen atoms in total. The number of rotatable bonds is 4. The lowest BCUT2D eigenvalue weighted by molar-refractivity contribution is 0.171. The van der Waals surface area contributed by atoms with Gasteiger partial charge in [0.25, 0.3) is 0 Å². The summed E-state index contributed by atoms with van der Waals surface area (Å²) in [6.45, 7) is 2.91. The molecule has 2 unspecified atom stereocenters. The van der Waals surface area contributed by atoms with Crippen LogP contribution in [-0.2, 0) is 10.2 Å².